The molecule has 1 unspecified atom stereocenters. The zero-order chi connectivity index (χ0) is 18.4. The number of ether oxygens (including phenoxy) is 2. The van der Waals surface area contributed by atoms with E-state index < -0.39 is 0 Å². The lowest BCUT2D eigenvalue weighted by molar-refractivity contribution is 0.390. The Morgan fingerprint density at radius 2 is 1.81 bits per heavy atom. The van der Waals surface area contributed by atoms with Crippen LogP contribution in [0.25, 0.3) is 22.2 Å². The lowest BCUT2D eigenvalue weighted by atomic mass is 9.96. The monoisotopic (exact) mass is 357 g/mol. The number of fused-ring (bicyclic) bond motifs is 2. The Labute approximate surface area is 157 Å². The third kappa shape index (κ3) is 2.35. The number of nitrogens with one attached hydrogen (secondary N) is 2. The zero-order valence-electron chi connectivity index (χ0n) is 15.1. The molecule has 0 radical (unpaired) electrons. The summed E-state index contributed by atoms with van der Waals surface area (Å²) in [6.45, 7) is 0. The van der Waals surface area contributed by atoms with E-state index in [1.165, 1.54) is 11.1 Å². The summed E-state index contributed by atoms with van der Waals surface area (Å²) in [6, 6.07) is 16.3. The molecule has 4 aromatic rings. The van der Waals surface area contributed by atoms with Crippen LogP contribution in [0.4, 0.5) is 5.69 Å². The van der Waals surface area contributed by atoms with Crippen molar-refractivity contribution in [2.75, 3.05) is 19.5 Å². The molecule has 0 bridgehead atoms. The topological polar surface area (TPSA) is 59.2 Å². The average Bonchev–Trinajstić information content (AvgIpc) is 3.09. The van der Waals surface area contributed by atoms with Gasteiger partial charge in [-0.3, -0.25) is 0 Å². The number of anilines is 1. The summed E-state index contributed by atoms with van der Waals surface area (Å²) in [4.78, 5) is 7.84. The number of hydrogen-bond acceptors (Lipinski definition) is 4. The molecule has 2 N–H and O–H groups in total. The van der Waals surface area contributed by atoms with Gasteiger partial charge in [0.2, 0.25) is 0 Å². The van der Waals surface area contributed by atoms with Crippen LogP contribution in [0.1, 0.15) is 17.2 Å². The van der Waals surface area contributed by atoms with Gasteiger partial charge in [0.05, 0.1) is 20.3 Å². The van der Waals surface area contributed by atoms with Crippen molar-refractivity contribution >= 4 is 16.7 Å². The largest absolute Gasteiger partial charge is 0.497 e. The van der Waals surface area contributed by atoms with Gasteiger partial charge in [0.15, 0.2) is 0 Å². The quantitative estimate of drug-likeness (QED) is 0.555. The Bertz CT molecular complexity index is 1150. The van der Waals surface area contributed by atoms with Gasteiger partial charge in [-0.25, -0.2) is 4.98 Å². The van der Waals surface area contributed by atoms with E-state index in [2.05, 4.69) is 51.7 Å². The molecular formula is C22H19N3O2. The Hall–Kier alpha value is -3.47. The van der Waals surface area contributed by atoms with Gasteiger partial charge in [0.25, 0.3) is 0 Å². The van der Waals surface area contributed by atoms with Crippen molar-refractivity contribution < 1.29 is 9.47 Å². The highest BCUT2D eigenvalue weighted by atomic mass is 16.5. The SMILES string of the molecule is COc1ccc(C2Nc3ccccc3-c3ccnc4[nH]cc2c34)c(OC)c1. The van der Waals surface area contributed by atoms with Crippen LogP contribution in [0.15, 0.2) is 60.9 Å². The summed E-state index contributed by atoms with van der Waals surface area (Å²) in [7, 11) is 3.34. The number of aromatic amines is 1. The molecule has 2 aromatic carbocycles. The number of H-pyrrole nitrogens is 1. The Morgan fingerprint density at radius 1 is 0.926 bits per heavy atom. The second-order valence-electron chi connectivity index (χ2n) is 6.56. The van der Waals surface area contributed by atoms with Gasteiger partial charge in [-0.1, -0.05) is 18.2 Å². The van der Waals surface area contributed by atoms with Crippen LogP contribution in [-0.4, -0.2) is 24.2 Å². The van der Waals surface area contributed by atoms with Crippen molar-refractivity contribution in [3.8, 4) is 22.6 Å². The summed E-state index contributed by atoms with van der Waals surface area (Å²) >= 11 is 0. The van der Waals surface area contributed by atoms with Crippen molar-refractivity contribution in [1.29, 1.82) is 0 Å². The lowest BCUT2D eigenvalue weighted by Crippen LogP contribution is -2.12. The summed E-state index contributed by atoms with van der Waals surface area (Å²) in [5, 5.41) is 4.85. The van der Waals surface area contributed by atoms with E-state index in [1.807, 2.05) is 24.5 Å². The predicted molar refractivity (Wildman–Crippen MR) is 107 cm³/mol. The highest BCUT2D eigenvalue weighted by Crippen LogP contribution is 2.45. The van der Waals surface area contributed by atoms with E-state index in [0.29, 0.717) is 0 Å². The van der Waals surface area contributed by atoms with E-state index in [1.54, 1.807) is 14.2 Å². The Kier molecular flexibility index (Phi) is 3.53. The number of benzene rings is 2. The minimum absolute atomic E-state index is 0.0776. The molecule has 0 amide bonds. The van der Waals surface area contributed by atoms with Gasteiger partial charge in [-0.05, 0) is 29.8 Å². The molecule has 1 atom stereocenters. The third-order valence-corrected chi connectivity index (χ3v) is 5.18. The van der Waals surface area contributed by atoms with Gasteiger partial charge >= 0.3 is 0 Å². The predicted octanol–water partition coefficient (Wildman–Crippen LogP) is 4.76. The summed E-state index contributed by atoms with van der Waals surface area (Å²) < 4.78 is 11.0. The molecule has 0 saturated carbocycles. The van der Waals surface area contributed by atoms with Crippen LogP contribution in [-0.2, 0) is 0 Å². The van der Waals surface area contributed by atoms with Gasteiger partial charge < -0.3 is 19.8 Å². The smallest absolute Gasteiger partial charge is 0.138 e. The number of para-hydroxylation sites is 1. The fourth-order valence-electron chi connectivity index (χ4n) is 3.91. The van der Waals surface area contributed by atoms with E-state index in [-0.39, 0.29) is 6.04 Å². The highest BCUT2D eigenvalue weighted by Gasteiger charge is 2.27. The maximum atomic E-state index is 5.68. The van der Waals surface area contributed by atoms with Crippen molar-refractivity contribution in [2.45, 2.75) is 6.04 Å². The molecule has 2 aromatic heterocycles. The average molecular weight is 357 g/mol. The summed E-state index contributed by atoms with van der Waals surface area (Å²) in [5.41, 5.74) is 6.51. The number of pyridine rings is 1. The van der Waals surface area contributed by atoms with E-state index in [9.17, 15) is 0 Å². The minimum atomic E-state index is -0.0776. The van der Waals surface area contributed by atoms with Gasteiger partial charge in [-0.15, -0.1) is 0 Å². The van der Waals surface area contributed by atoms with E-state index >= 15 is 0 Å². The maximum absolute atomic E-state index is 5.68. The zero-order valence-corrected chi connectivity index (χ0v) is 15.1. The molecule has 5 rings (SSSR count). The van der Waals surface area contributed by atoms with Crippen molar-refractivity contribution in [2.24, 2.45) is 0 Å². The van der Waals surface area contributed by atoms with Crippen molar-refractivity contribution in [3.63, 3.8) is 0 Å². The van der Waals surface area contributed by atoms with Crippen LogP contribution >= 0.6 is 0 Å². The molecule has 5 heteroatoms. The summed E-state index contributed by atoms with van der Waals surface area (Å²) in [6.07, 6.45) is 3.89. The van der Waals surface area contributed by atoms with Crippen molar-refractivity contribution in [1.82, 2.24) is 9.97 Å². The minimum Gasteiger partial charge on any atom is -0.497 e. The highest BCUT2D eigenvalue weighted by molar-refractivity contribution is 6.01. The molecule has 1 aliphatic rings. The van der Waals surface area contributed by atoms with Crippen LogP contribution in [0, 0.1) is 0 Å². The standard InChI is InChI=1S/C22H19N3O2/c1-26-13-7-8-16(19(11-13)27-2)21-17-12-24-22-20(17)15(9-10-23-22)14-5-3-4-6-18(14)25-21/h3-12,21,25H,1-2H3,(H,23,24). The van der Waals surface area contributed by atoms with Crippen LogP contribution in [0.5, 0.6) is 11.5 Å². The van der Waals surface area contributed by atoms with Crippen LogP contribution < -0.4 is 14.8 Å². The summed E-state index contributed by atoms with van der Waals surface area (Å²) in [5.74, 6) is 1.55. The number of rotatable bonds is 3. The van der Waals surface area contributed by atoms with E-state index in [4.69, 9.17) is 9.47 Å². The first-order chi connectivity index (χ1) is 13.3. The fourth-order valence-corrected chi connectivity index (χ4v) is 3.91. The molecule has 27 heavy (non-hydrogen) atoms. The van der Waals surface area contributed by atoms with Crippen LogP contribution in [0.3, 0.4) is 0 Å². The molecule has 0 fully saturated rings. The lowest BCUT2D eigenvalue weighted by Gasteiger charge is -2.22. The molecular weight excluding hydrogens is 338 g/mol. The third-order valence-electron chi connectivity index (χ3n) is 5.18. The molecule has 5 nitrogen and oxygen atoms in total. The maximum Gasteiger partial charge on any atom is 0.138 e. The van der Waals surface area contributed by atoms with E-state index in [0.717, 1.165) is 39.3 Å². The van der Waals surface area contributed by atoms with Crippen molar-refractivity contribution in [3.05, 3.63) is 72.1 Å². The first-order valence-electron chi connectivity index (χ1n) is 8.84. The van der Waals surface area contributed by atoms with Gasteiger partial charge in [0, 0.05) is 46.2 Å². The molecule has 134 valence electrons. The number of aromatic nitrogens is 2. The van der Waals surface area contributed by atoms with Gasteiger partial charge in [0.1, 0.15) is 17.1 Å². The molecule has 1 aliphatic heterocycles. The number of hydrogen-bond donors (Lipinski definition) is 2. The van der Waals surface area contributed by atoms with Crippen LogP contribution in [0.2, 0.25) is 0 Å². The number of methoxy groups -OCH3 is 2. The second kappa shape index (κ2) is 6.06. The first-order valence-corrected chi connectivity index (χ1v) is 8.84. The normalized spacial score (nSPS) is 15.0. The second-order valence-corrected chi connectivity index (χ2v) is 6.56. The molecule has 3 heterocycles. The van der Waals surface area contributed by atoms with Gasteiger partial charge in [-0.2, -0.15) is 0 Å². The Morgan fingerprint density at radius 3 is 2.67 bits per heavy atom. The number of nitrogens with zero attached hydrogens (tertiary/aromatic N) is 1. The molecule has 0 aliphatic carbocycles. The fraction of sp³-hybridized carbons (Fsp3) is 0.136. The Balaban J connectivity index is 1.80. The molecule has 0 saturated heterocycles. The molecule has 0 spiro atoms. The first kappa shape index (κ1) is 15.8.